The summed E-state index contributed by atoms with van der Waals surface area (Å²) in [7, 11) is 0. The molecule has 0 radical (unpaired) electrons. The molecule has 2 saturated carbocycles. The molecule has 23 heavy (non-hydrogen) atoms. The van der Waals surface area contributed by atoms with E-state index in [0.29, 0.717) is 11.3 Å². The minimum atomic E-state index is 0.236. The summed E-state index contributed by atoms with van der Waals surface area (Å²) in [6, 6.07) is 7.15. The fourth-order valence-electron chi connectivity index (χ4n) is 6.71. The molecule has 0 heterocycles. The number of fused-ring (bicyclic) bond motifs is 5. The number of benzene rings is 1. The van der Waals surface area contributed by atoms with Crippen molar-refractivity contribution in [1.29, 1.82) is 0 Å². The van der Waals surface area contributed by atoms with Gasteiger partial charge in [-0.1, -0.05) is 37.6 Å². The van der Waals surface area contributed by atoms with Crippen LogP contribution in [0.25, 0.3) is 0 Å². The molecule has 0 bridgehead atoms. The molecule has 0 spiro atoms. The van der Waals surface area contributed by atoms with Crippen LogP contribution in [0.4, 0.5) is 0 Å². The largest absolute Gasteiger partial charge is 0.303 e. The Kier molecular flexibility index (Phi) is 3.66. The summed E-state index contributed by atoms with van der Waals surface area (Å²) in [6.07, 6.45) is 9.10. The molecule has 0 aliphatic heterocycles. The van der Waals surface area contributed by atoms with Gasteiger partial charge < -0.3 is 4.79 Å². The topological polar surface area (TPSA) is 17.1 Å². The number of aryl methyl sites for hydroxylation is 2. The second-order valence-electron chi connectivity index (χ2n) is 8.84. The van der Waals surface area contributed by atoms with Gasteiger partial charge in [-0.25, -0.2) is 0 Å². The van der Waals surface area contributed by atoms with E-state index >= 15 is 0 Å². The van der Waals surface area contributed by atoms with Crippen molar-refractivity contribution in [1.82, 2.24) is 0 Å². The first-order valence-electron chi connectivity index (χ1n) is 9.59. The molecule has 3 aliphatic rings. The molecule has 0 aromatic heterocycles. The van der Waals surface area contributed by atoms with Gasteiger partial charge in [-0.3, -0.25) is 0 Å². The predicted molar refractivity (Wildman–Crippen MR) is 94.5 cm³/mol. The van der Waals surface area contributed by atoms with Crippen molar-refractivity contribution in [2.75, 3.05) is 0 Å². The second kappa shape index (κ2) is 5.46. The zero-order valence-electron chi connectivity index (χ0n) is 14.8. The Bertz CT molecular complexity index is 618. The number of aldehydes is 1. The maximum atomic E-state index is 11.4. The lowest BCUT2D eigenvalue weighted by Crippen LogP contribution is -2.43. The smallest absolute Gasteiger partial charge is 0.123 e. The van der Waals surface area contributed by atoms with Crippen molar-refractivity contribution in [3.8, 4) is 0 Å². The van der Waals surface area contributed by atoms with E-state index in [1.807, 2.05) is 0 Å². The lowest BCUT2D eigenvalue weighted by molar-refractivity contribution is -0.114. The number of carbonyl (C=O) groups is 1. The van der Waals surface area contributed by atoms with Gasteiger partial charge >= 0.3 is 0 Å². The summed E-state index contributed by atoms with van der Waals surface area (Å²) < 4.78 is 0. The summed E-state index contributed by atoms with van der Waals surface area (Å²) in [5.74, 6) is 3.32. The van der Waals surface area contributed by atoms with Crippen LogP contribution in [0.3, 0.4) is 0 Å². The van der Waals surface area contributed by atoms with Gasteiger partial charge in [-0.15, -0.1) is 0 Å². The van der Waals surface area contributed by atoms with Crippen LogP contribution in [-0.2, 0) is 11.2 Å². The summed E-state index contributed by atoms with van der Waals surface area (Å²) in [5, 5.41) is 0. The Morgan fingerprint density at radius 2 is 2.04 bits per heavy atom. The lowest BCUT2D eigenvalue weighted by Gasteiger charge is -2.51. The van der Waals surface area contributed by atoms with E-state index in [2.05, 4.69) is 39.0 Å². The molecular weight excluding hydrogens is 280 g/mol. The normalized spacial score (nSPS) is 40.0. The third kappa shape index (κ3) is 2.22. The van der Waals surface area contributed by atoms with Gasteiger partial charge in [0.05, 0.1) is 0 Å². The van der Waals surface area contributed by atoms with Crippen LogP contribution < -0.4 is 0 Å². The summed E-state index contributed by atoms with van der Waals surface area (Å²) >= 11 is 0. The highest BCUT2D eigenvalue weighted by molar-refractivity contribution is 5.54. The van der Waals surface area contributed by atoms with Crippen molar-refractivity contribution in [3.63, 3.8) is 0 Å². The molecule has 1 nitrogen and oxygen atoms in total. The van der Waals surface area contributed by atoms with E-state index in [1.165, 1.54) is 50.4 Å². The Balaban J connectivity index is 1.66. The highest BCUT2D eigenvalue weighted by Crippen LogP contribution is 2.64. The first-order valence-corrected chi connectivity index (χ1v) is 9.59. The molecule has 1 aromatic carbocycles. The van der Waals surface area contributed by atoms with E-state index in [9.17, 15) is 4.79 Å². The second-order valence-corrected chi connectivity index (χ2v) is 8.84. The summed E-state index contributed by atoms with van der Waals surface area (Å²) in [5.41, 5.74) is 5.08. The van der Waals surface area contributed by atoms with Crippen molar-refractivity contribution in [3.05, 3.63) is 34.9 Å². The molecule has 4 rings (SSSR count). The van der Waals surface area contributed by atoms with Crippen LogP contribution in [0.1, 0.15) is 68.6 Å². The van der Waals surface area contributed by atoms with Gasteiger partial charge in [0.15, 0.2) is 0 Å². The molecule has 0 saturated heterocycles. The van der Waals surface area contributed by atoms with Crippen molar-refractivity contribution >= 4 is 6.29 Å². The molecule has 2 fully saturated rings. The first kappa shape index (κ1) is 15.4. The average molecular weight is 310 g/mol. The molecule has 3 aliphatic carbocycles. The number of rotatable bonds is 2. The Hall–Kier alpha value is -1.11. The predicted octanol–water partition coefficient (Wildman–Crippen LogP) is 5.30. The maximum absolute atomic E-state index is 11.4. The third-order valence-corrected chi connectivity index (χ3v) is 7.80. The van der Waals surface area contributed by atoms with E-state index in [-0.39, 0.29) is 5.92 Å². The molecule has 0 N–H and O–H groups in total. The van der Waals surface area contributed by atoms with Crippen LogP contribution in [-0.4, -0.2) is 6.29 Å². The number of hydrogen-bond acceptors (Lipinski definition) is 1. The molecule has 0 unspecified atom stereocenters. The van der Waals surface area contributed by atoms with Gasteiger partial charge in [-0.2, -0.15) is 0 Å². The molecule has 124 valence electrons. The monoisotopic (exact) mass is 310 g/mol. The Morgan fingerprint density at radius 1 is 1.22 bits per heavy atom. The van der Waals surface area contributed by atoms with E-state index < -0.39 is 0 Å². The minimum absolute atomic E-state index is 0.236. The lowest BCUT2D eigenvalue weighted by atomic mass is 9.53. The van der Waals surface area contributed by atoms with Crippen LogP contribution in [0, 0.1) is 36.0 Å². The van der Waals surface area contributed by atoms with Crippen molar-refractivity contribution in [2.24, 2.45) is 29.1 Å². The Morgan fingerprint density at radius 3 is 2.83 bits per heavy atom. The van der Waals surface area contributed by atoms with Gasteiger partial charge in [0.1, 0.15) is 6.29 Å². The van der Waals surface area contributed by atoms with Gasteiger partial charge in [0.2, 0.25) is 0 Å². The first-order chi connectivity index (χ1) is 11.0. The molecule has 1 heteroatoms. The van der Waals surface area contributed by atoms with Gasteiger partial charge in [0, 0.05) is 5.92 Å². The van der Waals surface area contributed by atoms with Crippen LogP contribution >= 0.6 is 0 Å². The molecule has 1 aromatic rings. The van der Waals surface area contributed by atoms with E-state index in [0.717, 1.165) is 17.8 Å². The fraction of sp³-hybridized carbons (Fsp3) is 0.682. The molecular formula is C22H30O. The summed E-state index contributed by atoms with van der Waals surface area (Å²) in [6.45, 7) is 6.87. The van der Waals surface area contributed by atoms with Crippen LogP contribution in [0.15, 0.2) is 18.2 Å². The standard InChI is InChI=1S/C22H30O/c1-14-4-6-17-16(12-14)5-7-19-18(17)10-11-22(3)20(15(2)13-23)8-9-21(19)22/h4,6,12-13,15,18-21H,5,7-11H2,1-3H3/t15-,18-,19-,20-,21+,22-/m1/s1. The highest BCUT2D eigenvalue weighted by atomic mass is 16.1. The highest BCUT2D eigenvalue weighted by Gasteiger charge is 2.55. The van der Waals surface area contributed by atoms with Gasteiger partial charge in [0.25, 0.3) is 0 Å². The number of hydrogen-bond donors (Lipinski definition) is 0. The van der Waals surface area contributed by atoms with Crippen molar-refractivity contribution < 1.29 is 4.79 Å². The van der Waals surface area contributed by atoms with E-state index in [1.54, 1.807) is 11.1 Å². The fourth-order valence-corrected chi connectivity index (χ4v) is 6.71. The Labute approximate surface area is 140 Å². The molecule has 6 atom stereocenters. The van der Waals surface area contributed by atoms with Gasteiger partial charge in [-0.05, 0) is 85.7 Å². The minimum Gasteiger partial charge on any atom is -0.303 e. The maximum Gasteiger partial charge on any atom is 0.123 e. The molecule has 0 amide bonds. The van der Waals surface area contributed by atoms with E-state index in [4.69, 9.17) is 0 Å². The third-order valence-electron chi connectivity index (χ3n) is 7.80. The summed E-state index contributed by atoms with van der Waals surface area (Å²) in [4.78, 5) is 11.4. The zero-order valence-corrected chi connectivity index (χ0v) is 14.8. The quantitative estimate of drug-likeness (QED) is 0.677. The van der Waals surface area contributed by atoms with Crippen LogP contribution in [0.2, 0.25) is 0 Å². The number of carbonyl (C=O) groups excluding carboxylic acids is 1. The van der Waals surface area contributed by atoms with Crippen LogP contribution in [0.5, 0.6) is 0 Å². The van der Waals surface area contributed by atoms with Crippen molar-refractivity contribution in [2.45, 2.75) is 65.2 Å². The SMILES string of the molecule is Cc1ccc2c(c1)CC[C@@H]1[C@@H]2CC[C@]2(C)[C@@H]([C@H](C)C=O)CC[C@@H]12. The average Bonchev–Trinajstić information content (AvgIpc) is 2.90. The zero-order chi connectivity index (χ0) is 16.2.